The Labute approximate surface area is 73.1 Å². The molecule has 0 aromatic heterocycles. The molecule has 5 heteroatoms. The van der Waals surface area contributed by atoms with Gasteiger partial charge in [0.15, 0.2) is 0 Å². The fourth-order valence-corrected chi connectivity index (χ4v) is 1.49. The SMILES string of the molecule is O=C1NC2(OOO2)c2ccccc21. The summed E-state index contributed by atoms with van der Waals surface area (Å²) in [4.78, 5) is 20.8. The maximum atomic E-state index is 11.3. The van der Waals surface area contributed by atoms with Crippen LogP contribution in [0.1, 0.15) is 15.9 Å². The van der Waals surface area contributed by atoms with Crippen molar-refractivity contribution in [1.29, 1.82) is 0 Å². The second-order valence-corrected chi connectivity index (χ2v) is 2.85. The Balaban J connectivity index is 2.20. The van der Waals surface area contributed by atoms with Crippen molar-refractivity contribution in [1.82, 2.24) is 5.32 Å². The average molecular weight is 179 g/mol. The van der Waals surface area contributed by atoms with Crippen LogP contribution >= 0.6 is 0 Å². The van der Waals surface area contributed by atoms with E-state index in [1.807, 2.05) is 0 Å². The molecule has 1 amide bonds. The maximum Gasteiger partial charge on any atom is 0.344 e. The van der Waals surface area contributed by atoms with Gasteiger partial charge in [0.2, 0.25) is 0 Å². The smallest absolute Gasteiger partial charge is 0.293 e. The molecule has 1 aromatic rings. The van der Waals surface area contributed by atoms with Gasteiger partial charge in [-0.05, 0) is 6.07 Å². The molecule has 66 valence electrons. The van der Waals surface area contributed by atoms with Crippen molar-refractivity contribution in [3.63, 3.8) is 0 Å². The Bertz CT molecular complexity index is 385. The van der Waals surface area contributed by atoms with Gasteiger partial charge in [-0.15, -0.1) is 9.78 Å². The first-order valence-corrected chi connectivity index (χ1v) is 3.77. The lowest BCUT2D eigenvalue weighted by molar-refractivity contribution is -0.745. The van der Waals surface area contributed by atoms with E-state index >= 15 is 0 Å². The lowest BCUT2D eigenvalue weighted by atomic mass is 10.1. The van der Waals surface area contributed by atoms with Crippen LogP contribution in [0.4, 0.5) is 0 Å². The van der Waals surface area contributed by atoms with Crippen LogP contribution in [0.25, 0.3) is 0 Å². The van der Waals surface area contributed by atoms with Crippen LogP contribution in [0.2, 0.25) is 0 Å². The summed E-state index contributed by atoms with van der Waals surface area (Å²) >= 11 is 0. The molecule has 1 fully saturated rings. The van der Waals surface area contributed by atoms with Crippen molar-refractivity contribution in [2.24, 2.45) is 0 Å². The normalized spacial score (nSPS) is 22.3. The van der Waals surface area contributed by atoms with E-state index in [0.717, 1.165) is 0 Å². The van der Waals surface area contributed by atoms with Gasteiger partial charge in [-0.3, -0.25) is 10.1 Å². The third kappa shape index (κ3) is 0.732. The molecule has 1 saturated heterocycles. The number of nitrogens with one attached hydrogen (secondary N) is 1. The third-order valence-electron chi connectivity index (χ3n) is 2.11. The van der Waals surface area contributed by atoms with Crippen LogP contribution in [0, 0.1) is 0 Å². The summed E-state index contributed by atoms with van der Waals surface area (Å²) in [7, 11) is 0. The minimum absolute atomic E-state index is 0.223. The van der Waals surface area contributed by atoms with E-state index in [1.165, 1.54) is 0 Å². The Morgan fingerprint density at radius 1 is 1.23 bits per heavy atom. The van der Waals surface area contributed by atoms with Crippen LogP contribution in [0.15, 0.2) is 24.3 Å². The second kappa shape index (κ2) is 2.08. The number of benzene rings is 1. The number of carbonyl (C=O) groups is 1. The Hall–Kier alpha value is -1.43. The van der Waals surface area contributed by atoms with E-state index in [2.05, 4.69) is 10.4 Å². The quantitative estimate of drug-likeness (QED) is 0.587. The highest BCUT2D eigenvalue weighted by Crippen LogP contribution is 2.39. The minimum Gasteiger partial charge on any atom is -0.293 e. The van der Waals surface area contributed by atoms with Gasteiger partial charge < -0.3 is 0 Å². The lowest BCUT2D eigenvalue weighted by Gasteiger charge is -2.32. The predicted octanol–water partition coefficient (Wildman–Crippen LogP) is 0.434. The van der Waals surface area contributed by atoms with Crippen molar-refractivity contribution in [2.75, 3.05) is 0 Å². The van der Waals surface area contributed by atoms with Gasteiger partial charge in [-0.2, -0.15) is 0 Å². The van der Waals surface area contributed by atoms with Crippen molar-refractivity contribution in [3.8, 4) is 0 Å². The zero-order valence-electron chi connectivity index (χ0n) is 6.44. The fraction of sp³-hybridized carbons (Fsp3) is 0.125. The average Bonchev–Trinajstić information content (AvgIpc) is 2.40. The first-order chi connectivity index (χ1) is 6.32. The molecular formula is C8H5NO4. The lowest BCUT2D eigenvalue weighted by Crippen LogP contribution is -2.51. The van der Waals surface area contributed by atoms with Gasteiger partial charge in [0.05, 0.1) is 11.1 Å². The van der Waals surface area contributed by atoms with Gasteiger partial charge in [0, 0.05) is 0 Å². The van der Waals surface area contributed by atoms with E-state index in [-0.39, 0.29) is 5.91 Å². The highest BCUT2D eigenvalue weighted by molar-refractivity contribution is 5.99. The number of carbonyl (C=O) groups excluding carboxylic acids is 1. The van der Waals surface area contributed by atoms with E-state index < -0.39 is 5.91 Å². The first-order valence-electron chi connectivity index (χ1n) is 3.77. The third-order valence-corrected chi connectivity index (χ3v) is 2.11. The van der Waals surface area contributed by atoms with E-state index in [0.29, 0.717) is 11.1 Å². The Morgan fingerprint density at radius 2 is 2.00 bits per heavy atom. The molecule has 0 bridgehead atoms. The Kier molecular flexibility index (Phi) is 1.12. The van der Waals surface area contributed by atoms with Crippen molar-refractivity contribution < 1.29 is 19.6 Å². The molecule has 1 aromatic carbocycles. The summed E-state index contributed by atoms with van der Waals surface area (Å²) in [6.07, 6.45) is 0. The molecule has 2 aliphatic rings. The molecule has 0 saturated carbocycles. The van der Waals surface area contributed by atoms with Gasteiger partial charge in [-0.25, -0.2) is 0 Å². The summed E-state index contributed by atoms with van der Waals surface area (Å²) in [5.74, 6) is -1.42. The van der Waals surface area contributed by atoms with Crippen LogP contribution in [-0.2, 0) is 20.7 Å². The number of fused-ring (bicyclic) bond motifs is 2. The van der Waals surface area contributed by atoms with E-state index in [9.17, 15) is 4.79 Å². The molecule has 1 N–H and O–H groups in total. The number of hydrogen-bond donors (Lipinski definition) is 1. The monoisotopic (exact) mass is 179 g/mol. The van der Waals surface area contributed by atoms with Crippen LogP contribution in [0.5, 0.6) is 0 Å². The van der Waals surface area contributed by atoms with Crippen molar-refractivity contribution in [3.05, 3.63) is 35.4 Å². The number of amides is 1. The minimum atomic E-state index is -1.20. The number of rotatable bonds is 0. The van der Waals surface area contributed by atoms with Crippen molar-refractivity contribution >= 4 is 5.91 Å². The molecule has 1 spiro atoms. The van der Waals surface area contributed by atoms with Crippen LogP contribution in [-0.4, -0.2) is 5.91 Å². The molecule has 0 aliphatic carbocycles. The first kappa shape index (κ1) is 7.02. The molecule has 0 unspecified atom stereocenters. The fourth-order valence-electron chi connectivity index (χ4n) is 1.49. The standard InChI is InChI=1S/C8H5NO4/c10-7-5-3-1-2-4-6(5)8(9-7)11-13-12-8/h1-4H,(H,9,10). The van der Waals surface area contributed by atoms with Gasteiger partial charge >= 0.3 is 5.91 Å². The number of hydrogen-bond acceptors (Lipinski definition) is 4. The molecule has 2 heterocycles. The van der Waals surface area contributed by atoms with Gasteiger partial charge in [-0.1, -0.05) is 23.2 Å². The summed E-state index contributed by atoms with van der Waals surface area (Å²) in [5.41, 5.74) is 1.19. The summed E-state index contributed by atoms with van der Waals surface area (Å²) in [6, 6.07) is 7.02. The second-order valence-electron chi connectivity index (χ2n) is 2.85. The zero-order chi connectivity index (χ0) is 8.89. The van der Waals surface area contributed by atoms with Crippen molar-refractivity contribution in [2.45, 2.75) is 5.91 Å². The molecule has 13 heavy (non-hydrogen) atoms. The molecule has 0 radical (unpaired) electrons. The van der Waals surface area contributed by atoms with Gasteiger partial charge in [0.25, 0.3) is 5.91 Å². The van der Waals surface area contributed by atoms with E-state index in [4.69, 9.17) is 9.78 Å². The summed E-state index contributed by atoms with van der Waals surface area (Å²) in [6.45, 7) is 0. The highest BCUT2D eigenvalue weighted by Gasteiger charge is 2.54. The largest absolute Gasteiger partial charge is 0.344 e. The van der Waals surface area contributed by atoms with Crippen LogP contribution in [0.3, 0.4) is 0 Å². The van der Waals surface area contributed by atoms with E-state index in [1.54, 1.807) is 24.3 Å². The van der Waals surface area contributed by atoms with Crippen LogP contribution < -0.4 is 5.32 Å². The maximum absolute atomic E-state index is 11.3. The molecule has 2 aliphatic heterocycles. The van der Waals surface area contributed by atoms with Gasteiger partial charge in [0.1, 0.15) is 0 Å². The molecule has 3 rings (SSSR count). The molecule has 5 nitrogen and oxygen atoms in total. The predicted molar refractivity (Wildman–Crippen MR) is 38.8 cm³/mol. The molecular weight excluding hydrogens is 174 g/mol. The molecule has 0 atom stereocenters. The topological polar surface area (TPSA) is 56.8 Å². The highest BCUT2D eigenvalue weighted by atomic mass is 17.6. The summed E-state index contributed by atoms with van der Waals surface area (Å²) in [5, 5.41) is 6.67. The summed E-state index contributed by atoms with van der Waals surface area (Å²) < 4.78 is 0. The zero-order valence-corrected chi connectivity index (χ0v) is 6.44. The Morgan fingerprint density at radius 3 is 2.69 bits per heavy atom.